The second kappa shape index (κ2) is 7.66. The maximum Gasteiger partial charge on any atom is 0.268 e. The van der Waals surface area contributed by atoms with Crippen LogP contribution in [0.25, 0.3) is 10.2 Å². The summed E-state index contributed by atoms with van der Waals surface area (Å²) in [5.74, 6) is -0.790. The van der Waals surface area contributed by atoms with E-state index < -0.39 is 24.2 Å². The van der Waals surface area contributed by atoms with E-state index in [-0.39, 0.29) is 18.9 Å². The van der Waals surface area contributed by atoms with Gasteiger partial charge in [0.2, 0.25) is 0 Å². The lowest BCUT2D eigenvalue weighted by Crippen LogP contribution is -2.62. The highest BCUT2D eigenvalue weighted by Crippen LogP contribution is 2.35. The Morgan fingerprint density at radius 1 is 1.53 bits per heavy atom. The number of rotatable bonds is 5. The first kappa shape index (κ1) is 20.8. The van der Waals surface area contributed by atoms with Crippen LogP contribution in [0.1, 0.15) is 28.5 Å². The number of thiophene rings is 1. The smallest absolute Gasteiger partial charge is 0.268 e. The third-order valence-electron chi connectivity index (χ3n) is 5.33. The Morgan fingerprint density at radius 2 is 2.30 bits per heavy atom. The number of carbonyl (C=O) groups is 2. The van der Waals surface area contributed by atoms with E-state index in [1.807, 2.05) is 6.92 Å². The molecule has 0 saturated heterocycles. The van der Waals surface area contributed by atoms with Gasteiger partial charge in [-0.2, -0.15) is 0 Å². The zero-order valence-electron chi connectivity index (χ0n) is 16.4. The van der Waals surface area contributed by atoms with Gasteiger partial charge in [-0.25, -0.2) is 0 Å². The molecule has 30 heavy (non-hydrogen) atoms. The molecule has 2 amide bonds. The maximum atomic E-state index is 13.3. The average Bonchev–Trinajstić information content (AvgIpc) is 3.24. The van der Waals surface area contributed by atoms with Gasteiger partial charge in [0.05, 0.1) is 45.7 Å². The summed E-state index contributed by atoms with van der Waals surface area (Å²) in [4.78, 5) is 34.8. The van der Waals surface area contributed by atoms with Gasteiger partial charge in [-0.05, 0) is 31.5 Å². The fraction of sp³-hybridized carbons (Fsp3) is 0.350. The first-order valence-corrected chi connectivity index (χ1v) is 10.6. The van der Waals surface area contributed by atoms with Gasteiger partial charge in [-0.15, -0.1) is 11.3 Å². The van der Waals surface area contributed by atoms with E-state index in [9.17, 15) is 19.8 Å². The molecule has 8 nitrogen and oxygen atoms in total. The van der Waals surface area contributed by atoms with Gasteiger partial charge in [0.15, 0.2) is 0 Å². The summed E-state index contributed by atoms with van der Waals surface area (Å²) in [7, 11) is 0. The number of amides is 2. The van der Waals surface area contributed by atoms with E-state index in [4.69, 9.17) is 11.6 Å². The second-order valence-electron chi connectivity index (χ2n) is 7.64. The first-order chi connectivity index (χ1) is 14.2. The zero-order valence-corrected chi connectivity index (χ0v) is 18.0. The third-order valence-corrected chi connectivity index (χ3v) is 6.87. The molecule has 4 rings (SSSR count). The topological polar surface area (TPSA) is 119 Å². The first-order valence-electron chi connectivity index (χ1n) is 9.37. The monoisotopic (exact) mass is 448 g/mol. The Balaban J connectivity index is 1.64. The largest absolute Gasteiger partial charge is 0.394 e. The van der Waals surface area contributed by atoms with Crippen molar-refractivity contribution in [2.45, 2.75) is 31.9 Å². The average molecular weight is 449 g/mol. The summed E-state index contributed by atoms with van der Waals surface area (Å²) in [6.45, 7) is 2.95. The molecule has 0 spiro atoms. The quantitative estimate of drug-likeness (QED) is 0.476. The van der Waals surface area contributed by atoms with Crippen LogP contribution < -0.4 is 10.2 Å². The molecular weight excluding hydrogens is 428 g/mol. The Bertz CT molecular complexity index is 1140. The number of nitrogens with zero attached hydrogens (tertiary/aromatic N) is 2. The Morgan fingerprint density at radius 3 is 3.00 bits per heavy atom. The number of aryl methyl sites for hydroxylation is 1. The van der Waals surface area contributed by atoms with Gasteiger partial charge in [0, 0.05) is 18.2 Å². The lowest BCUT2D eigenvalue weighted by Gasteiger charge is -2.41. The van der Waals surface area contributed by atoms with Crippen molar-refractivity contribution in [1.82, 2.24) is 15.3 Å². The van der Waals surface area contributed by atoms with Crippen molar-refractivity contribution in [2.75, 3.05) is 18.1 Å². The normalized spacial score (nSPS) is 19.8. The van der Waals surface area contributed by atoms with Gasteiger partial charge >= 0.3 is 0 Å². The molecule has 158 valence electrons. The number of H-pyrrole nitrogens is 1. The molecule has 3 aromatic rings. The van der Waals surface area contributed by atoms with Crippen molar-refractivity contribution in [3.05, 3.63) is 45.7 Å². The minimum absolute atomic E-state index is 0.102. The predicted octanol–water partition coefficient (Wildman–Crippen LogP) is 2.02. The van der Waals surface area contributed by atoms with Crippen molar-refractivity contribution in [1.29, 1.82) is 0 Å². The van der Waals surface area contributed by atoms with Gasteiger partial charge in [-0.3, -0.25) is 14.6 Å². The summed E-state index contributed by atoms with van der Waals surface area (Å²) in [6, 6.07) is 3.50. The SMILES string of the molecule is Cc1c(Cl)sc2cc(C(=O)N[C@]3(C)Cc4ccncc4N(C[C@@H](O)CO)C3=O)[nH]c12. The number of β-amino-alcohol motifs (C(OH)–C–C–N with tert-alkyl or cyclic N) is 1. The van der Waals surface area contributed by atoms with Crippen LogP contribution in [0, 0.1) is 6.92 Å². The molecule has 0 fully saturated rings. The molecule has 0 unspecified atom stereocenters. The molecule has 4 N–H and O–H groups in total. The minimum atomic E-state index is -1.23. The molecule has 1 aliphatic heterocycles. The molecule has 10 heteroatoms. The fourth-order valence-corrected chi connectivity index (χ4v) is 5.00. The Hall–Kier alpha value is -2.46. The molecule has 0 aliphatic carbocycles. The molecule has 0 radical (unpaired) electrons. The number of pyridine rings is 1. The Labute approximate surface area is 181 Å². The predicted molar refractivity (Wildman–Crippen MR) is 115 cm³/mol. The van der Waals surface area contributed by atoms with E-state index in [1.54, 1.807) is 31.5 Å². The van der Waals surface area contributed by atoms with Gasteiger partial charge in [-0.1, -0.05) is 11.6 Å². The third kappa shape index (κ3) is 3.47. The van der Waals surface area contributed by atoms with Crippen LogP contribution in [0.2, 0.25) is 4.34 Å². The van der Waals surface area contributed by atoms with Crippen LogP contribution in [0.5, 0.6) is 0 Å². The van der Waals surface area contributed by atoms with Crippen LogP contribution >= 0.6 is 22.9 Å². The highest BCUT2D eigenvalue weighted by Gasteiger charge is 2.44. The maximum absolute atomic E-state index is 13.3. The van der Waals surface area contributed by atoms with Crippen molar-refractivity contribution < 1.29 is 19.8 Å². The van der Waals surface area contributed by atoms with Crippen molar-refractivity contribution in [2.24, 2.45) is 0 Å². The highest BCUT2D eigenvalue weighted by atomic mass is 35.5. The van der Waals surface area contributed by atoms with Gasteiger partial charge in [0.25, 0.3) is 11.8 Å². The van der Waals surface area contributed by atoms with E-state index >= 15 is 0 Å². The van der Waals surface area contributed by atoms with Crippen LogP contribution in [0.3, 0.4) is 0 Å². The zero-order chi connectivity index (χ0) is 21.6. The number of carbonyl (C=O) groups excluding carboxylic acids is 2. The number of aliphatic hydroxyl groups excluding tert-OH is 2. The van der Waals surface area contributed by atoms with Crippen LogP contribution in [-0.2, 0) is 11.2 Å². The van der Waals surface area contributed by atoms with Crippen LogP contribution in [-0.4, -0.2) is 56.8 Å². The number of halogens is 1. The molecule has 0 bridgehead atoms. The molecule has 0 saturated carbocycles. The summed E-state index contributed by atoms with van der Waals surface area (Å²) in [5, 5.41) is 22.0. The molecule has 4 heterocycles. The summed E-state index contributed by atoms with van der Waals surface area (Å²) in [5.41, 5.74) is 2.17. The summed E-state index contributed by atoms with van der Waals surface area (Å²) in [6.07, 6.45) is 2.33. The van der Waals surface area contributed by atoms with Crippen LogP contribution in [0.4, 0.5) is 5.69 Å². The van der Waals surface area contributed by atoms with Gasteiger partial charge < -0.3 is 25.4 Å². The summed E-state index contributed by atoms with van der Waals surface area (Å²) >= 11 is 7.53. The van der Waals surface area contributed by atoms with E-state index in [1.165, 1.54) is 16.2 Å². The number of aromatic nitrogens is 2. The number of aromatic amines is 1. The number of anilines is 1. The number of hydrogen-bond acceptors (Lipinski definition) is 6. The van der Waals surface area contributed by atoms with E-state index in [0.29, 0.717) is 15.7 Å². The molecule has 2 atom stereocenters. The molecule has 0 aromatic carbocycles. The standard InChI is InChI=1S/C20H21ClN4O4S/c1-10-16-15(30-17(10)21)5-13(23-16)18(28)24-20(2)6-11-3-4-22-7-14(11)25(19(20)29)8-12(27)9-26/h3-5,7,12,23,26-27H,6,8-9H2,1-2H3,(H,24,28)/t12-,20-/m1/s1. The van der Waals surface area contributed by atoms with Crippen molar-refractivity contribution in [3.63, 3.8) is 0 Å². The number of nitrogens with one attached hydrogen (secondary N) is 2. The molecule has 1 aliphatic rings. The fourth-order valence-electron chi connectivity index (χ4n) is 3.72. The van der Waals surface area contributed by atoms with Crippen molar-refractivity contribution >= 4 is 50.7 Å². The van der Waals surface area contributed by atoms with E-state index in [2.05, 4.69) is 15.3 Å². The number of aliphatic hydroxyl groups is 2. The second-order valence-corrected chi connectivity index (χ2v) is 9.30. The highest BCUT2D eigenvalue weighted by molar-refractivity contribution is 7.22. The minimum Gasteiger partial charge on any atom is -0.394 e. The molecular formula is C20H21ClN4O4S. The van der Waals surface area contributed by atoms with Crippen molar-refractivity contribution in [3.8, 4) is 0 Å². The lowest BCUT2D eigenvalue weighted by atomic mass is 9.86. The summed E-state index contributed by atoms with van der Waals surface area (Å²) < 4.78 is 1.54. The lowest BCUT2D eigenvalue weighted by molar-refractivity contribution is -0.125. The van der Waals surface area contributed by atoms with Crippen LogP contribution in [0.15, 0.2) is 24.5 Å². The molecule has 3 aromatic heterocycles. The van der Waals surface area contributed by atoms with Gasteiger partial charge in [0.1, 0.15) is 11.2 Å². The van der Waals surface area contributed by atoms with E-state index in [0.717, 1.165) is 21.3 Å². The Kier molecular flexibility index (Phi) is 5.31. The number of hydrogen-bond donors (Lipinski definition) is 4. The number of fused-ring (bicyclic) bond motifs is 2.